The van der Waals surface area contributed by atoms with Gasteiger partial charge in [0.25, 0.3) is 0 Å². The van der Waals surface area contributed by atoms with E-state index in [9.17, 15) is 0 Å². The van der Waals surface area contributed by atoms with Crippen molar-refractivity contribution in [2.75, 3.05) is 0 Å². The normalized spacial score (nSPS) is 10.5. The molecule has 2 rings (SSSR count). The van der Waals surface area contributed by atoms with Gasteiger partial charge in [-0.15, -0.1) is 0 Å². The second-order valence-corrected chi connectivity index (χ2v) is 5.84. The summed E-state index contributed by atoms with van der Waals surface area (Å²) in [6.07, 6.45) is 0. The molecule has 0 unspecified atom stereocenters. The predicted octanol–water partition coefficient (Wildman–Crippen LogP) is 5.72. The Bertz CT molecular complexity index is 460. The third-order valence-electron chi connectivity index (χ3n) is 1.85. The minimum atomic E-state index is 0.700. The molecule has 0 spiro atoms. The van der Waals surface area contributed by atoms with Crippen LogP contribution in [0.4, 0.5) is 0 Å². The van der Waals surface area contributed by atoms with Gasteiger partial charge in [-0.05, 0) is 36.4 Å². The molecule has 0 radical (unpaired) electrons. The summed E-state index contributed by atoms with van der Waals surface area (Å²) in [5, 5.41) is 1.40. The van der Waals surface area contributed by atoms with Crippen LogP contribution in [0.5, 0.6) is 0 Å². The van der Waals surface area contributed by atoms with Crippen LogP contribution in [0.15, 0.2) is 58.3 Å². The fourth-order valence-corrected chi connectivity index (χ4v) is 3.03. The molecule has 0 atom stereocenters. The van der Waals surface area contributed by atoms with Crippen LogP contribution in [0.1, 0.15) is 0 Å². The zero-order chi connectivity index (χ0) is 12.1. The van der Waals surface area contributed by atoms with E-state index in [2.05, 4.69) is 0 Å². The van der Waals surface area contributed by atoms with E-state index in [1.165, 1.54) is 24.1 Å². The Kier molecular flexibility index (Phi) is 5.07. The highest BCUT2D eigenvalue weighted by atomic mass is 35.5. The molecular formula is C12H8Cl2OS2. The molecule has 0 aliphatic carbocycles. The maximum Gasteiger partial charge on any atom is 0.0448 e. The highest BCUT2D eigenvalue weighted by molar-refractivity contribution is 8.07. The molecule has 0 aliphatic rings. The molecule has 17 heavy (non-hydrogen) atoms. The van der Waals surface area contributed by atoms with Crippen molar-refractivity contribution < 1.29 is 3.63 Å². The first kappa shape index (κ1) is 13.1. The summed E-state index contributed by atoms with van der Waals surface area (Å²) in [6, 6.07) is 15.0. The molecule has 0 heterocycles. The topological polar surface area (TPSA) is 9.23 Å². The van der Waals surface area contributed by atoms with Crippen LogP contribution < -0.4 is 0 Å². The van der Waals surface area contributed by atoms with Gasteiger partial charge in [-0.1, -0.05) is 35.3 Å². The molecule has 2 aromatic carbocycles. The van der Waals surface area contributed by atoms with Crippen molar-refractivity contribution in [3.05, 3.63) is 58.6 Å². The first-order chi connectivity index (χ1) is 8.24. The van der Waals surface area contributed by atoms with E-state index in [0.717, 1.165) is 9.79 Å². The van der Waals surface area contributed by atoms with Crippen LogP contribution in [-0.4, -0.2) is 0 Å². The van der Waals surface area contributed by atoms with Crippen molar-refractivity contribution in [3.8, 4) is 0 Å². The molecule has 0 aliphatic heterocycles. The van der Waals surface area contributed by atoms with E-state index >= 15 is 0 Å². The lowest BCUT2D eigenvalue weighted by molar-refractivity contribution is 0.757. The minimum absolute atomic E-state index is 0.700. The third-order valence-corrected chi connectivity index (χ3v) is 3.76. The van der Waals surface area contributed by atoms with Crippen LogP contribution >= 0.6 is 47.3 Å². The summed E-state index contributed by atoms with van der Waals surface area (Å²) >= 11 is 14.3. The smallest absolute Gasteiger partial charge is 0.0448 e. The lowest BCUT2D eigenvalue weighted by atomic mass is 10.4. The van der Waals surface area contributed by atoms with E-state index in [0.29, 0.717) is 10.0 Å². The van der Waals surface area contributed by atoms with E-state index in [4.69, 9.17) is 26.8 Å². The second-order valence-electron chi connectivity index (χ2n) is 3.15. The Hall–Kier alpha value is -0.320. The monoisotopic (exact) mass is 302 g/mol. The highest BCUT2D eigenvalue weighted by Gasteiger charge is 1.99. The SMILES string of the molecule is Clc1cccc(SOSc2cccc(Cl)c2)c1. The summed E-state index contributed by atoms with van der Waals surface area (Å²) in [7, 11) is 0. The molecular weight excluding hydrogens is 295 g/mol. The molecule has 0 amide bonds. The molecule has 2 aromatic rings. The van der Waals surface area contributed by atoms with Crippen LogP contribution in [-0.2, 0) is 3.63 Å². The van der Waals surface area contributed by atoms with Gasteiger partial charge in [0, 0.05) is 43.9 Å². The van der Waals surface area contributed by atoms with E-state index in [1.807, 2.05) is 48.5 Å². The molecule has 0 aromatic heterocycles. The first-order valence-corrected chi connectivity index (χ1v) is 7.00. The molecule has 0 saturated heterocycles. The molecule has 1 nitrogen and oxygen atoms in total. The quantitative estimate of drug-likeness (QED) is 0.668. The highest BCUT2D eigenvalue weighted by Crippen LogP contribution is 2.31. The third kappa shape index (κ3) is 4.45. The van der Waals surface area contributed by atoms with Gasteiger partial charge >= 0.3 is 0 Å². The van der Waals surface area contributed by atoms with Crippen LogP contribution in [0, 0.1) is 0 Å². The number of hydrogen-bond donors (Lipinski definition) is 0. The first-order valence-electron chi connectivity index (χ1n) is 4.76. The predicted molar refractivity (Wildman–Crippen MR) is 75.7 cm³/mol. The Morgan fingerprint density at radius 3 is 1.65 bits per heavy atom. The average molecular weight is 303 g/mol. The van der Waals surface area contributed by atoms with E-state index in [-0.39, 0.29) is 0 Å². The molecule has 0 bridgehead atoms. The number of hydrogen-bond acceptors (Lipinski definition) is 3. The van der Waals surface area contributed by atoms with Crippen molar-refractivity contribution in [3.63, 3.8) is 0 Å². The van der Waals surface area contributed by atoms with Crippen LogP contribution in [0.3, 0.4) is 0 Å². The molecule has 0 fully saturated rings. The lowest BCUT2D eigenvalue weighted by Gasteiger charge is -2.02. The Morgan fingerprint density at radius 2 is 1.24 bits per heavy atom. The summed E-state index contributed by atoms with van der Waals surface area (Å²) in [4.78, 5) is 1.93. The Labute approximate surface area is 119 Å². The van der Waals surface area contributed by atoms with Gasteiger partial charge in [0.05, 0.1) is 0 Å². The number of halogens is 2. The van der Waals surface area contributed by atoms with Gasteiger partial charge in [0.15, 0.2) is 0 Å². The number of rotatable bonds is 4. The van der Waals surface area contributed by atoms with Crippen molar-refractivity contribution in [2.24, 2.45) is 0 Å². The zero-order valence-electron chi connectivity index (χ0n) is 8.60. The van der Waals surface area contributed by atoms with Crippen molar-refractivity contribution in [1.82, 2.24) is 0 Å². The van der Waals surface area contributed by atoms with Gasteiger partial charge in [-0.25, -0.2) is 3.63 Å². The molecule has 88 valence electrons. The fraction of sp³-hybridized carbons (Fsp3) is 0. The van der Waals surface area contributed by atoms with Crippen molar-refractivity contribution in [2.45, 2.75) is 9.79 Å². The molecule has 5 heteroatoms. The standard InChI is InChI=1S/C12H8Cl2OS2/c13-9-3-1-5-11(7-9)16-15-17-12-6-2-4-10(14)8-12/h1-8H. The Morgan fingerprint density at radius 1 is 0.765 bits per heavy atom. The Balaban J connectivity index is 1.87. The van der Waals surface area contributed by atoms with E-state index in [1.54, 1.807) is 0 Å². The number of benzene rings is 2. The zero-order valence-corrected chi connectivity index (χ0v) is 11.7. The lowest BCUT2D eigenvalue weighted by Crippen LogP contribution is -1.73. The van der Waals surface area contributed by atoms with Crippen LogP contribution in [0.25, 0.3) is 0 Å². The average Bonchev–Trinajstić information content (AvgIpc) is 2.29. The summed E-state index contributed by atoms with van der Waals surface area (Å²) in [5.74, 6) is 0. The maximum absolute atomic E-state index is 5.87. The summed E-state index contributed by atoms with van der Waals surface area (Å²) in [6.45, 7) is 0. The maximum atomic E-state index is 5.87. The molecule has 0 saturated carbocycles. The van der Waals surface area contributed by atoms with Crippen molar-refractivity contribution >= 4 is 47.3 Å². The van der Waals surface area contributed by atoms with Gasteiger partial charge in [-0.3, -0.25) is 0 Å². The van der Waals surface area contributed by atoms with Gasteiger partial charge in [0.1, 0.15) is 0 Å². The van der Waals surface area contributed by atoms with Gasteiger partial charge < -0.3 is 0 Å². The van der Waals surface area contributed by atoms with E-state index < -0.39 is 0 Å². The van der Waals surface area contributed by atoms with Crippen molar-refractivity contribution in [1.29, 1.82) is 0 Å². The van der Waals surface area contributed by atoms with Gasteiger partial charge in [0.2, 0.25) is 0 Å². The summed E-state index contributed by atoms with van der Waals surface area (Å²) in [5.41, 5.74) is 0. The van der Waals surface area contributed by atoms with Crippen LogP contribution in [0.2, 0.25) is 10.0 Å². The van der Waals surface area contributed by atoms with Gasteiger partial charge in [-0.2, -0.15) is 0 Å². The minimum Gasteiger partial charge on any atom is -0.237 e. The molecule has 0 N–H and O–H groups in total. The summed E-state index contributed by atoms with van der Waals surface area (Å²) < 4.78 is 5.43. The second kappa shape index (κ2) is 6.57. The largest absolute Gasteiger partial charge is 0.237 e. The fourth-order valence-electron chi connectivity index (χ4n) is 1.13.